The number of nitrogens with zero attached hydrogens (tertiary/aromatic N) is 1. The summed E-state index contributed by atoms with van der Waals surface area (Å²) in [4.78, 5) is 26.1. The number of rotatable bonds is 8. The smallest absolute Gasteiger partial charge is 0.258 e. The maximum absolute atomic E-state index is 13.1. The van der Waals surface area contributed by atoms with Gasteiger partial charge in [0.05, 0.1) is 25.2 Å². The number of allylic oxidation sites excluding steroid dienone is 1. The highest BCUT2D eigenvalue weighted by Gasteiger charge is 2.18. The molecule has 0 fully saturated rings. The van der Waals surface area contributed by atoms with Gasteiger partial charge in [0.15, 0.2) is 11.5 Å². The Morgan fingerprint density at radius 3 is 2.43 bits per heavy atom. The molecule has 1 aromatic carbocycles. The number of benzene rings is 1. The van der Waals surface area contributed by atoms with Crippen LogP contribution < -0.4 is 20.3 Å². The fourth-order valence-electron chi connectivity index (χ4n) is 3.99. The molecule has 1 aromatic heterocycles. The molecule has 30 heavy (non-hydrogen) atoms. The van der Waals surface area contributed by atoms with Gasteiger partial charge < -0.3 is 19.4 Å². The van der Waals surface area contributed by atoms with Crippen LogP contribution in [0.5, 0.6) is 11.5 Å². The van der Waals surface area contributed by atoms with Gasteiger partial charge in [-0.3, -0.25) is 9.59 Å². The van der Waals surface area contributed by atoms with Crippen LogP contribution in [0, 0.1) is 5.92 Å². The van der Waals surface area contributed by atoms with E-state index in [0.717, 1.165) is 19.3 Å². The van der Waals surface area contributed by atoms with E-state index in [4.69, 9.17) is 9.47 Å². The highest BCUT2D eigenvalue weighted by Crippen LogP contribution is 2.32. The molecule has 3 rings (SSSR count). The largest absolute Gasteiger partial charge is 0.493 e. The molecular formula is C24H32N2O4. The van der Waals surface area contributed by atoms with E-state index in [2.05, 4.69) is 11.4 Å². The zero-order chi connectivity index (χ0) is 21.7. The van der Waals surface area contributed by atoms with Crippen molar-refractivity contribution in [2.24, 2.45) is 5.92 Å². The van der Waals surface area contributed by atoms with E-state index >= 15 is 0 Å². The maximum atomic E-state index is 13.1. The normalized spacial score (nSPS) is 14.0. The Labute approximate surface area is 177 Å². The number of amides is 1. The number of aromatic nitrogens is 1. The first-order chi connectivity index (χ1) is 14.4. The summed E-state index contributed by atoms with van der Waals surface area (Å²) in [6.45, 7) is 5.21. The third kappa shape index (κ3) is 4.86. The molecule has 6 heteroatoms. The Morgan fingerprint density at radius 2 is 1.83 bits per heavy atom. The van der Waals surface area contributed by atoms with E-state index < -0.39 is 0 Å². The van der Waals surface area contributed by atoms with Gasteiger partial charge in [0, 0.05) is 24.7 Å². The summed E-state index contributed by atoms with van der Waals surface area (Å²) in [5, 5.41) is 4.07. The van der Waals surface area contributed by atoms with Crippen LogP contribution in [0.25, 0.3) is 10.8 Å². The van der Waals surface area contributed by atoms with Crippen LogP contribution in [0.1, 0.15) is 56.3 Å². The number of methoxy groups -OCH3 is 2. The zero-order valence-corrected chi connectivity index (χ0v) is 18.4. The second-order valence-corrected chi connectivity index (χ2v) is 8.26. The average Bonchev–Trinajstić information content (AvgIpc) is 2.75. The standard InChI is InChI=1S/C24H32N2O4/c1-16(2)14-26-15-20(23(27)25-11-10-17-8-6-5-7-9-17)18-12-21(29-3)22(30-4)13-19(18)24(26)28/h8,12-13,15-16H,5-7,9-11,14H2,1-4H3,(H,25,27). The fraction of sp³-hybridized carbons (Fsp3) is 0.500. The van der Waals surface area contributed by atoms with Gasteiger partial charge >= 0.3 is 0 Å². The van der Waals surface area contributed by atoms with Crippen molar-refractivity contribution in [3.05, 3.63) is 45.9 Å². The molecule has 1 aliphatic carbocycles. The predicted octanol–water partition coefficient (Wildman–Crippen LogP) is 4.30. The van der Waals surface area contributed by atoms with Crippen molar-refractivity contribution in [3.8, 4) is 11.5 Å². The lowest BCUT2D eigenvalue weighted by Crippen LogP contribution is -2.29. The van der Waals surface area contributed by atoms with Crippen molar-refractivity contribution >= 4 is 16.7 Å². The summed E-state index contributed by atoms with van der Waals surface area (Å²) in [7, 11) is 3.08. The molecule has 0 saturated carbocycles. The van der Waals surface area contributed by atoms with Crippen LogP contribution in [-0.4, -0.2) is 31.2 Å². The van der Waals surface area contributed by atoms with Crippen molar-refractivity contribution in [2.75, 3.05) is 20.8 Å². The topological polar surface area (TPSA) is 69.6 Å². The van der Waals surface area contributed by atoms with E-state index in [1.54, 1.807) is 30.0 Å². The number of carbonyl (C=O) groups is 1. The third-order valence-corrected chi connectivity index (χ3v) is 5.51. The summed E-state index contributed by atoms with van der Waals surface area (Å²) in [5.41, 5.74) is 1.76. The summed E-state index contributed by atoms with van der Waals surface area (Å²) in [6, 6.07) is 3.38. The summed E-state index contributed by atoms with van der Waals surface area (Å²) >= 11 is 0. The van der Waals surface area contributed by atoms with Crippen molar-refractivity contribution in [1.29, 1.82) is 0 Å². The van der Waals surface area contributed by atoms with Crippen LogP contribution in [-0.2, 0) is 6.54 Å². The predicted molar refractivity (Wildman–Crippen MR) is 120 cm³/mol. The minimum atomic E-state index is -0.180. The minimum absolute atomic E-state index is 0.136. The van der Waals surface area contributed by atoms with Crippen molar-refractivity contribution in [1.82, 2.24) is 9.88 Å². The van der Waals surface area contributed by atoms with Crippen molar-refractivity contribution in [3.63, 3.8) is 0 Å². The van der Waals surface area contributed by atoms with Gasteiger partial charge in [-0.2, -0.15) is 0 Å². The first-order valence-corrected chi connectivity index (χ1v) is 10.7. The lowest BCUT2D eigenvalue weighted by Gasteiger charge is -2.17. The van der Waals surface area contributed by atoms with Gasteiger partial charge in [-0.1, -0.05) is 25.5 Å². The van der Waals surface area contributed by atoms with Gasteiger partial charge in [0.2, 0.25) is 0 Å². The van der Waals surface area contributed by atoms with Crippen LogP contribution >= 0.6 is 0 Å². The molecule has 162 valence electrons. The van der Waals surface area contributed by atoms with Crippen LogP contribution in [0.2, 0.25) is 0 Å². The highest BCUT2D eigenvalue weighted by atomic mass is 16.5. The van der Waals surface area contributed by atoms with E-state index in [1.807, 2.05) is 13.8 Å². The third-order valence-electron chi connectivity index (χ3n) is 5.51. The molecule has 0 aliphatic heterocycles. The molecular weight excluding hydrogens is 380 g/mol. The van der Waals surface area contributed by atoms with E-state index in [-0.39, 0.29) is 17.4 Å². The number of nitrogens with one attached hydrogen (secondary N) is 1. The summed E-state index contributed by atoms with van der Waals surface area (Å²) in [5.74, 6) is 1.06. The Bertz CT molecular complexity index is 1000. The highest BCUT2D eigenvalue weighted by molar-refractivity contribution is 6.07. The van der Waals surface area contributed by atoms with Gasteiger partial charge in [0.1, 0.15) is 0 Å². The second-order valence-electron chi connectivity index (χ2n) is 8.26. The summed E-state index contributed by atoms with van der Waals surface area (Å²) in [6.07, 6.45) is 9.57. The van der Waals surface area contributed by atoms with E-state index in [9.17, 15) is 9.59 Å². The van der Waals surface area contributed by atoms with Crippen molar-refractivity contribution < 1.29 is 14.3 Å². The van der Waals surface area contributed by atoms with Gasteiger partial charge in [-0.15, -0.1) is 0 Å². The SMILES string of the molecule is COc1cc2c(C(=O)NCCC3=CCCCC3)cn(CC(C)C)c(=O)c2cc1OC. The van der Waals surface area contributed by atoms with E-state index in [0.29, 0.717) is 40.9 Å². The number of pyridine rings is 1. The fourth-order valence-corrected chi connectivity index (χ4v) is 3.99. The van der Waals surface area contributed by atoms with E-state index in [1.165, 1.54) is 25.5 Å². The number of hydrogen-bond donors (Lipinski definition) is 1. The molecule has 2 aromatic rings. The number of ether oxygens (including phenoxy) is 2. The molecule has 1 aliphatic rings. The molecule has 6 nitrogen and oxygen atoms in total. The molecule has 0 spiro atoms. The quantitative estimate of drug-likeness (QED) is 0.657. The first-order valence-electron chi connectivity index (χ1n) is 10.7. The van der Waals surface area contributed by atoms with Crippen molar-refractivity contribution in [2.45, 2.75) is 52.5 Å². The molecule has 0 bridgehead atoms. The number of fused-ring (bicyclic) bond motifs is 1. The molecule has 0 atom stereocenters. The zero-order valence-electron chi connectivity index (χ0n) is 18.4. The maximum Gasteiger partial charge on any atom is 0.258 e. The van der Waals surface area contributed by atoms with Gasteiger partial charge in [-0.05, 0) is 50.2 Å². The molecule has 1 N–H and O–H groups in total. The van der Waals surface area contributed by atoms with Crippen LogP contribution in [0.3, 0.4) is 0 Å². The molecule has 0 saturated heterocycles. The second kappa shape index (κ2) is 9.83. The lowest BCUT2D eigenvalue weighted by atomic mass is 9.97. The van der Waals surface area contributed by atoms with Crippen LogP contribution in [0.4, 0.5) is 0 Å². The number of hydrogen-bond acceptors (Lipinski definition) is 4. The Kier molecular flexibility index (Phi) is 7.19. The molecule has 0 unspecified atom stereocenters. The lowest BCUT2D eigenvalue weighted by molar-refractivity contribution is 0.0954. The summed E-state index contributed by atoms with van der Waals surface area (Å²) < 4.78 is 12.4. The van der Waals surface area contributed by atoms with Crippen LogP contribution in [0.15, 0.2) is 34.8 Å². The van der Waals surface area contributed by atoms with Gasteiger partial charge in [0.25, 0.3) is 11.5 Å². The Hall–Kier alpha value is -2.76. The monoisotopic (exact) mass is 412 g/mol. The Balaban J connectivity index is 1.97. The minimum Gasteiger partial charge on any atom is -0.493 e. The average molecular weight is 413 g/mol. The Morgan fingerprint density at radius 1 is 1.13 bits per heavy atom. The first kappa shape index (κ1) is 21.9. The molecule has 0 radical (unpaired) electrons. The molecule has 1 amide bonds. The molecule has 1 heterocycles. The van der Waals surface area contributed by atoms with Gasteiger partial charge in [-0.25, -0.2) is 0 Å². The number of carbonyl (C=O) groups excluding carboxylic acids is 1.